The zero-order chi connectivity index (χ0) is 20.0. The number of rotatable bonds is 3. The predicted octanol–water partition coefficient (Wildman–Crippen LogP) is 2.60. The molecule has 28 heavy (non-hydrogen) atoms. The summed E-state index contributed by atoms with van der Waals surface area (Å²) in [5, 5.41) is 2.27. The van der Waals surface area contributed by atoms with E-state index in [1.54, 1.807) is 12.1 Å². The van der Waals surface area contributed by atoms with Crippen molar-refractivity contribution >= 4 is 23.4 Å². The van der Waals surface area contributed by atoms with Gasteiger partial charge in [-0.25, -0.2) is 4.39 Å². The number of hydrogen-bond acceptors (Lipinski definition) is 4. The van der Waals surface area contributed by atoms with Crippen LogP contribution in [-0.4, -0.2) is 41.8 Å². The van der Waals surface area contributed by atoms with Crippen LogP contribution in [0.1, 0.15) is 61.4 Å². The molecule has 3 amide bonds. The Morgan fingerprint density at radius 3 is 2.61 bits per heavy atom. The summed E-state index contributed by atoms with van der Waals surface area (Å²) in [6.07, 6.45) is 5.01. The fourth-order valence-electron chi connectivity index (χ4n) is 4.92. The second-order valence-corrected chi connectivity index (χ2v) is 8.26. The third-order valence-corrected chi connectivity index (χ3v) is 6.57. The average Bonchev–Trinajstić information content (AvgIpc) is 2.99. The van der Waals surface area contributed by atoms with E-state index in [1.807, 2.05) is 11.9 Å². The summed E-state index contributed by atoms with van der Waals surface area (Å²) in [4.78, 5) is 39.7. The second-order valence-electron chi connectivity index (χ2n) is 8.26. The molecule has 3 atom stereocenters. The smallest absolute Gasteiger partial charge is 0.255 e. The van der Waals surface area contributed by atoms with E-state index >= 15 is 4.39 Å². The predicted molar refractivity (Wildman–Crippen MR) is 102 cm³/mol. The number of hydrogen-bond donors (Lipinski definition) is 1. The highest BCUT2D eigenvalue weighted by molar-refractivity contribution is 6.05. The third kappa shape index (κ3) is 3.06. The maximum Gasteiger partial charge on any atom is 0.255 e. The number of piperidine rings is 1. The number of fused-ring (bicyclic) bond motifs is 1. The normalized spacial score (nSPS) is 27.6. The van der Waals surface area contributed by atoms with Crippen molar-refractivity contribution < 1.29 is 18.8 Å². The average molecular weight is 387 g/mol. The lowest BCUT2D eigenvalue weighted by Crippen LogP contribution is -2.52. The van der Waals surface area contributed by atoms with Crippen LogP contribution in [0.25, 0.3) is 0 Å². The molecule has 1 aromatic carbocycles. The van der Waals surface area contributed by atoms with E-state index < -0.39 is 11.9 Å². The molecular formula is C21H26FN3O3. The van der Waals surface area contributed by atoms with Crippen molar-refractivity contribution in [3.05, 3.63) is 29.1 Å². The van der Waals surface area contributed by atoms with Crippen molar-refractivity contribution in [2.24, 2.45) is 5.92 Å². The molecule has 2 aliphatic heterocycles. The number of carbonyl (C=O) groups is 3. The summed E-state index contributed by atoms with van der Waals surface area (Å²) in [5.74, 6) is -1.04. The van der Waals surface area contributed by atoms with Crippen LogP contribution in [-0.2, 0) is 16.1 Å². The van der Waals surface area contributed by atoms with Gasteiger partial charge >= 0.3 is 0 Å². The maximum absolute atomic E-state index is 15.4. The largest absolute Gasteiger partial charge is 0.369 e. The van der Waals surface area contributed by atoms with Gasteiger partial charge in [0.1, 0.15) is 6.04 Å². The molecule has 0 radical (unpaired) electrons. The zero-order valence-corrected chi connectivity index (χ0v) is 16.3. The molecule has 1 N–H and O–H groups in total. The zero-order valence-electron chi connectivity index (χ0n) is 16.3. The molecular weight excluding hydrogens is 361 g/mol. The number of amides is 3. The first-order valence-electron chi connectivity index (χ1n) is 10.1. The Labute approximate surface area is 164 Å². The van der Waals surface area contributed by atoms with Crippen LogP contribution in [0, 0.1) is 11.7 Å². The minimum Gasteiger partial charge on any atom is -0.369 e. The van der Waals surface area contributed by atoms with Crippen LogP contribution in [0.4, 0.5) is 10.1 Å². The van der Waals surface area contributed by atoms with Crippen molar-refractivity contribution in [2.75, 3.05) is 11.9 Å². The number of carbonyl (C=O) groups excluding carboxylic acids is 3. The van der Waals surface area contributed by atoms with Gasteiger partial charge in [-0.1, -0.05) is 19.8 Å². The molecule has 4 rings (SSSR count). The Morgan fingerprint density at radius 1 is 1.14 bits per heavy atom. The number of anilines is 1. The standard InChI is InChI=1S/C21H26FN3O3/c1-12-5-3-4-6-15(12)24(2)16-8-7-13-14(19(16)22)11-25(21(13)28)17-9-10-18(26)23-20(17)27/h7-8,12,15,17H,3-6,9-11H2,1-2H3,(H,23,26,27)/t12-,15+,17?/m1/s1. The van der Waals surface area contributed by atoms with Gasteiger partial charge in [-0.15, -0.1) is 0 Å². The van der Waals surface area contributed by atoms with Gasteiger partial charge in [-0.05, 0) is 37.3 Å². The van der Waals surface area contributed by atoms with E-state index in [9.17, 15) is 14.4 Å². The lowest BCUT2D eigenvalue weighted by molar-refractivity contribution is -0.136. The van der Waals surface area contributed by atoms with Crippen molar-refractivity contribution in [3.8, 4) is 0 Å². The maximum atomic E-state index is 15.4. The molecule has 2 heterocycles. The monoisotopic (exact) mass is 387 g/mol. The summed E-state index contributed by atoms with van der Waals surface area (Å²) in [6.45, 7) is 2.27. The molecule has 0 spiro atoms. The molecule has 1 saturated heterocycles. The van der Waals surface area contributed by atoms with Gasteiger partial charge in [0, 0.05) is 30.6 Å². The van der Waals surface area contributed by atoms with Gasteiger partial charge < -0.3 is 9.80 Å². The topological polar surface area (TPSA) is 69.7 Å². The van der Waals surface area contributed by atoms with E-state index in [0.29, 0.717) is 22.7 Å². The van der Waals surface area contributed by atoms with Crippen LogP contribution in [0.5, 0.6) is 0 Å². The van der Waals surface area contributed by atoms with E-state index in [4.69, 9.17) is 0 Å². The van der Waals surface area contributed by atoms with E-state index in [2.05, 4.69) is 12.2 Å². The lowest BCUT2D eigenvalue weighted by Gasteiger charge is -2.38. The first kappa shape index (κ1) is 18.9. The van der Waals surface area contributed by atoms with Crippen LogP contribution >= 0.6 is 0 Å². The van der Waals surface area contributed by atoms with Crippen LogP contribution in [0.2, 0.25) is 0 Å². The SMILES string of the molecule is C[C@@H]1CCCC[C@@H]1N(C)c1ccc2c(c1F)CN(C1CCC(=O)NC1=O)C2=O. The highest BCUT2D eigenvalue weighted by Gasteiger charge is 2.41. The molecule has 7 heteroatoms. The van der Waals surface area contributed by atoms with Gasteiger partial charge in [0.25, 0.3) is 5.91 Å². The molecule has 6 nitrogen and oxygen atoms in total. The summed E-state index contributed by atoms with van der Waals surface area (Å²) < 4.78 is 15.4. The van der Waals surface area contributed by atoms with E-state index in [-0.39, 0.29) is 43.1 Å². The lowest BCUT2D eigenvalue weighted by atomic mass is 9.85. The highest BCUT2D eigenvalue weighted by Crippen LogP contribution is 2.36. The summed E-state index contributed by atoms with van der Waals surface area (Å²) in [6, 6.07) is 2.91. The molecule has 1 saturated carbocycles. The Bertz CT molecular complexity index is 840. The number of nitrogens with zero attached hydrogens (tertiary/aromatic N) is 2. The first-order valence-corrected chi connectivity index (χ1v) is 10.1. The Hall–Kier alpha value is -2.44. The number of benzene rings is 1. The molecule has 2 fully saturated rings. The van der Waals surface area contributed by atoms with Crippen molar-refractivity contribution in [3.63, 3.8) is 0 Å². The highest BCUT2D eigenvalue weighted by atomic mass is 19.1. The van der Waals surface area contributed by atoms with Crippen molar-refractivity contribution in [2.45, 2.75) is 64.1 Å². The minimum absolute atomic E-state index is 0.0637. The fraction of sp³-hybridized carbons (Fsp3) is 0.571. The second kappa shape index (κ2) is 7.18. The van der Waals surface area contributed by atoms with Crippen LogP contribution < -0.4 is 10.2 Å². The van der Waals surface area contributed by atoms with E-state index in [0.717, 1.165) is 19.3 Å². The fourth-order valence-corrected chi connectivity index (χ4v) is 4.92. The summed E-state index contributed by atoms with van der Waals surface area (Å²) >= 11 is 0. The molecule has 150 valence electrons. The number of nitrogens with one attached hydrogen (secondary N) is 1. The Balaban J connectivity index is 1.60. The first-order chi connectivity index (χ1) is 13.4. The third-order valence-electron chi connectivity index (χ3n) is 6.57. The van der Waals surface area contributed by atoms with Crippen molar-refractivity contribution in [1.29, 1.82) is 0 Å². The number of halogens is 1. The van der Waals surface area contributed by atoms with Gasteiger partial charge in [-0.3, -0.25) is 19.7 Å². The minimum atomic E-state index is -0.725. The van der Waals surface area contributed by atoms with Gasteiger partial charge in [0.15, 0.2) is 5.82 Å². The molecule has 3 aliphatic rings. The van der Waals surface area contributed by atoms with Gasteiger partial charge in [-0.2, -0.15) is 0 Å². The molecule has 1 aromatic rings. The van der Waals surface area contributed by atoms with Crippen LogP contribution in [0.15, 0.2) is 12.1 Å². The Morgan fingerprint density at radius 2 is 1.89 bits per heavy atom. The Kier molecular flexibility index (Phi) is 4.85. The molecule has 0 bridgehead atoms. The molecule has 1 unspecified atom stereocenters. The van der Waals surface area contributed by atoms with Crippen molar-refractivity contribution in [1.82, 2.24) is 10.2 Å². The summed E-state index contributed by atoms with van der Waals surface area (Å²) in [5.41, 5.74) is 1.17. The molecule has 0 aromatic heterocycles. The summed E-state index contributed by atoms with van der Waals surface area (Å²) in [7, 11) is 1.92. The molecule has 1 aliphatic carbocycles. The van der Waals surface area contributed by atoms with E-state index in [1.165, 1.54) is 11.3 Å². The van der Waals surface area contributed by atoms with Gasteiger partial charge in [0.2, 0.25) is 11.8 Å². The van der Waals surface area contributed by atoms with Crippen LogP contribution in [0.3, 0.4) is 0 Å². The van der Waals surface area contributed by atoms with Gasteiger partial charge in [0.05, 0.1) is 12.2 Å². The quantitative estimate of drug-likeness (QED) is 0.810. The number of imide groups is 1.